The number of anilines is 1. The van der Waals surface area contributed by atoms with E-state index in [9.17, 15) is 9.59 Å². The van der Waals surface area contributed by atoms with Crippen molar-refractivity contribution in [1.82, 2.24) is 0 Å². The highest BCUT2D eigenvalue weighted by Gasteiger charge is 2.23. The third kappa shape index (κ3) is 4.47. The van der Waals surface area contributed by atoms with Gasteiger partial charge >= 0.3 is 0 Å². The zero-order chi connectivity index (χ0) is 22.0. The Morgan fingerprint density at radius 2 is 1.55 bits per heavy atom. The molecular weight excluding hydrogens is 414 g/mol. The summed E-state index contributed by atoms with van der Waals surface area (Å²) in [5, 5.41) is 4.03. The van der Waals surface area contributed by atoms with Gasteiger partial charge < -0.3 is 14.5 Å². The number of amides is 1. The van der Waals surface area contributed by atoms with Crippen LogP contribution in [0.5, 0.6) is 5.75 Å². The zero-order valence-electron chi connectivity index (χ0n) is 17.0. The summed E-state index contributed by atoms with van der Waals surface area (Å²) in [6.07, 6.45) is 0.0402. The van der Waals surface area contributed by atoms with Gasteiger partial charge in [0.15, 0.2) is 5.76 Å². The van der Waals surface area contributed by atoms with Crippen molar-refractivity contribution >= 4 is 39.9 Å². The van der Waals surface area contributed by atoms with Crippen LogP contribution in [-0.4, -0.2) is 17.8 Å². The lowest BCUT2D eigenvalue weighted by Gasteiger charge is -2.10. The monoisotopic (exact) mass is 433 g/mol. The summed E-state index contributed by atoms with van der Waals surface area (Å²) in [4.78, 5) is 26.0. The Morgan fingerprint density at radius 3 is 2.23 bits per heavy atom. The average molecular weight is 434 g/mol. The van der Waals surface area contributed by atoms with Gasteiger partial charge in [0.25, 0.3) is 5.91 Å². The number of rotatable bonds is 6. The first kappa shape index (κ1) is 20.7. The van der Waals surface area contributed by atoms with Gasteiger partial charge in [-0.2, -0.15) is 0 Å². The first-order valence-electron chi connectivity index (χ1n) is 9.82. The number of hydrogen-bond donors (Lipinski definition) is 1. The second-order valence-electron chi connectivity index (χ2n) is 7.28. The number of furan rings is 1. The first-order chi connectivity index (χ1) is 14.9. The molecule has 6 heteroatoms. The number of ether oxygens (including phenoxy) is 1. The minimum absolute atomic E-state index is 0.0402. The van der Waals surface area contributed by atoms with Gasteiger partial charge in [-0.1, -0.05) is 23.7 Å². The molecule has 0 atom stereocenters. The molecule has 0 bridgehead atoms. The molecule has 156 valence electrons. The van der Waals surface area contributed by atoms with E-state index in [1.165, 1.54) is 0 Å². The van der Waals surface area contributed by atoms with Gasteiger partial charge in [0, 0.05) is 21.5 Å². The fourth-order valence-electron chi connectivity index (χ4n) is 3.20. The van der Waals surface area contributed by atoms with E-state index in [0.29, 0.717) is 38.6 Å². The fraction of sp³-hybridized carbons (Fsp3) is 0.120. The Balaban J connectivity index is 1.68. The molecule has 1 aromatic heterocycles. The normalized spacial score (nSPS) is 11.0. The van der Waals surface area contributed by atoms with Crippen molar-refractivity contribution in [2.45, 2.75) is 20.0 Å². The molecule has 4 aromatic rings. The van der Waals surface area contributed by atoms with Crippen LogP contribution < -0.4 is 10.1 Å². The minimum Gasteiger partial charge on any atom is -0.491 e. The molecular formula is C25H20ClNO4. The van der Waals surface area contributed by atoms with Crippen LogP contribution in [-0.2, 0) is 0 Å². The molecule has 1 heterocycles. The molecule has 0 fully saturated rings. The molecule has 0 radical (unpaired) electrons. The maximum atomic E-state index is 13.1. The number of hydrogen-bond acceptors (Lipinski definition) is 4. The van der Waals surface area contributed by atoms with Crippen molar-refractivity contribution in [2.24, 2.45) is 0 Å². The fourth-order valence-corrected chi connectivity index (χ4v) is 3.33. The van der Waals surface area contributed by atoms with Gasteiger partial charge in [-0.25, -0.2) is 0 Å². The van der Waals surface area contributed by atoms with E-state index in [0.717, 1.165) is 0 Å². The maximum absolute atomic E-state index is 13.1. The van der Waals surface area contributed by atoms with Crippen LogP contribution in [0, 0.1) is 0 Å². The molecule has 0 aliphatic rings. The summed E-state index contributed by atoms with van der Waals surface area (Å²) in [6.45, 7) is 3.87. The van der Waals surface area contributed by atoms with Gasteiger partial charge in [-0.05, 0) is 74.5 Å². The lowest BCUT2D eigenvalue weighted by Crippen LogP contribution is -2.14. The van der Waals surface area contributed by atoms with Crippen molar-refractivity contribution in [3.05, 3.63) is 94.7 Å². The van der Waals surface area contributed by atoms with Crippen molar-refractivity contribution in [1.29, 1.82) is 0 Å². The lowest BCUT2D eigenvalue weighted by molar-refractivity contribution is 0.101. The molecule has 3 aromatic carbocycles. The van der Waals surface area contributed by atoms with E-state index in [1.54, 1.807) is 66.7 Å². The molecule has 0 saturated heterocycles. The topological polar surface area (TPSA) is 68.5 Å². The number of para-hydroxylation sites is 1. The third-order valence-corrected chi connectivity index (χ3v) is 4.89. The minimum atomic E-state index is -0.354. The van der Waals surface area contributed by atoms with Crippen LogP contribution in [0.2, 0.25) is 5.02 Å². The quantitative estimate of drug-likeness (QED) is 0.359. The lowest BCUT2D eigenvalue weighted by atomic mass is 10.1. The van der Waals surface area contributed by atoms with E-state index in [4.69, 9.17) is 20.8 Å². The summed E-state index contributed by atoms with van der Waals surface area (Å²) in [6, 6.07) is 20.5. The average Bonchev–Trinajstić information content (AvgIpc) is 3.12. The van der Waals surface area contributed by atoms with Gasteiger partial charge in [0.1, 0.15) is 11.3 Å². The van der Waals surface area contributed by atoms with Gasteiger partial charge in [-0.3, -0.25) is 9.59 Å². The largest absolute Gasteiger partial charge is 0.491 e. The van der Waals surface area contributed by atoms with Crippen LogP contribution in [0.1, 0.15) is 40.3 Å². The standard InChI is InChI=1S/C25H20ClNO4/c1-15(2)30-19-13-9-17(10-14-19)25(29)27-22-20-5-3-4-6-21(20)31-24(22)23(28)16-7-11-18(26)12-8-16/h3-15H,1-2H3,(H,27,29). The third-order valence-electron chi connectivity index (χ3n) is 4.63. The van der Waals surface area contributed by atoms with Crippen LogP contribution in [0.3, 0.4) is 0 Å². The van der Waals surface area contributed by atoms with Crippen LogP contribution in [0.25, 0.3) is 11.0 Å². The van der Waals surface area contributed by atoms with Crippen molar-refractivity contribution in [3.8, 4) is 5.75 Å². The molecule has 0 saturated carbocycles. The summed E-state index contributed by atoms with van der Waals surface area (Å²) >= 11 is 5.93. The number of ketones is 1. The second-order valence-corrected chi connectivity index (χ2v) is 7.72. The highest BCUT2D eigenvalue weighted by Crippen LogP contribution is 2.33. The SMILES string of the molecule is CC(C)Oc1ccc(C(=O)Nc2c(C(=O)c3ccc(Cl)cc3)oc3ccccc23)cc1. The predicted molar refractivity (Wildman–Crippen MR) is 121 cm³/mol. The summed E-state index contributed by atoms with van der Waals surface area (Å²) < 4.78 is 11.4. The van der Waals surface area contributed by atoms with E-state index in [2.05, 4.69) is 5.32 Å². The number of halogens is 1. The van der Waals surface area contributed by atoms with Crippen molar-refractivity contribution < 1.29 is 18.7 Å². The Labute approximate surface area is 184 Å². The molecule has 0 unspecified atom stereocenters. The molecule has 0 aliphatic heterocycles. The van der Waals surface area contributed by atoms with Crippen LogP contribution >= 0.6 is 11.6 Å². The summed E-state index contributed by atoms with van der Waals surface area (Å²) in [7, 11) is 0. The first-order valence-corrected chi connectivity index (χ1v) is 10.2. The molecule has 1 amide bonds. The second kappa shape index (κ2) is 8.66. The summed E-state index contributed by atoms with van der Waals surface area (Å²) in [5.74, 6) is 0.0483. The zero-order valence-corrected chi connectivity index (χ0v) is 17.8. The highest BCUT2D eigenvalue weighted by atomic mass is 35.5. The maximum Gasteiger partial charge on any atom is 0.255 e. The molecule has 0 spiro atoms. The van der Waals surface area contributed by atoms with E-state index in [1.807, 2.05) is 19.9 Å². The Hall–Kier alpha value is -3.57. The van der Waals surface area contributed by atoms with Gasteiger partial charge in [0.2, 0.25) is 5.78 Å². The van der Waals surface area contributed by atoms with Crippen molar-refractivity contribution in [2.75, 3.05) is 5.32 Å². The highest BCUT2D eigenvalue weighted by molar-refractivity contribution is 6.30. The number of carbonyl (C=O) groups is 2. The van der Waals surface area contributed by atoms with E-state index < -0.39 is 0 Å². The predicted octanol–water partition coefficient (Wildman–Crippen LogP) is 6.36. The van der Waals surface area contributed by atoms with Crippen LogP contribution in [0.15, 0.2) is 77.2 Å². The molecule has 4 rings (SSSR count). The number of carbonyl (C=O) groups excluding carboxylic acids is 2. The number of fused-ring (bicyclic) bond motifs is 1. The van der Waals surface area contributed by atoms with Crippen LogP contribution in [0.4, 0.5) is 5.69 Å². The van der Waals surface area contributed by atoms with Gasteiger partial charge in [-0.15, -0.1) is 0 Å². The molecule has 1 N–H and O–H groups in total. The van der Waals surface area contributed by atoms with Crippen molar-refractivity contribution in [3.63, 3.8) is 0 Å². The molecule has 5 nitrogen and oxygen atoms in total. The number of benzene rings is 3. The van der Waals surface area contributed by atoms with E-state index in [-0.39, 0.29) is 23.6 Å². The molecule has 31 heavy (non-hydrogen) atoms. The Morgan fingerprint density at radius 1 is 0.903 bits per heavy atom. The summed E-state index contributed by atoms with van der Waals surface area (Å²) in [5.41, 5.74) is 1.69. The Bertz CT molecular complexity index is 1240. The number of nitrogens with one attached hydrogen (secondary N) is 1. The van der Waals surface area contributed by atoms with Gasteiger partial charge in [0.05, 0.1) is 11.8 Å². The Kier molecular flexibility index (Phi) is 5.78. The van der Waals surface area contributed by atoms with E-state index >= 15 is 0 Å². The molecule has 0 aliphatic carbocycles. The smallest absolute Gasteiger partial charge is 0.255 e.